The van der Waals surface area contributed by atoms with E-state index in [4.69, 9.17) is 0 Å². The lowest BCUT2D eigenvalue weighted by molar-refractivity contribution is -0.116. The molecule has 88 valence electrons. The first-order valence-corrected chi connectivity index (χ1v) is 5.92. The van der Waals surface area contributed by atoms with E-state index in [1.807, 2.05) is 0 Å². The fraction of sp³-hybridized carbons (Fsp3) is 0.182. The van der Waals surface area contributed by atoms with Gasteiger partial charge in [0.25, 0.3) is 0 Å². The lowest BCUT2D eigenvalue weighted by atomic mass is 10.1. The molecule has 0 radical (unpaired) electrons. The molecular weight excluding hydrogens is 241 g/mol. The number of hydrogen-bond donors (Lipinski definition) is 1. The second kappa shape index (κ2) is 5.49. The minimum absolute atomic E-state index is 0.119. The first kappa shape index (κ1) is 11.7. The number of benzene rings is 1. The first-order chi connectivity index (χ1) is 8.24. The molecule has 17 heavy (non-hydrogen) atoms. The van der Waals surface area contributed by atoms with Crippen molar-refractivity contribution in [2.24, 2.45) is 0 Å². The number of hydrogen-bond acceptors (Lipinski definition) is 4. The van der Waals surface area contributed by atoms with Gasteiger partial charge in [-0.05, 0) is 24.1 Å². The summed E-state index contributed by atoms with van der Waals surface area (Å²) in [6, 6.07) is 6.12. The van der Waals surface area contributed by atoms with E-state index in [1.165, 1.54) is 23.5 Å². The maximum Gasteiger partial charge on any atom is 0.226 e. The van der Waals surface area contributed by atoms with Crippen LogP contribution in [0.25, 0.3) is 0 Å². The topological polar surface area (TPSA) is 54.9 Å². The van der Waals surface area contributed by atoms with Gasteiger partial charge >= 0.3 is 0 Å². The molecule has 0 saturated carbocycles. The van der Waals surface area contributed by atoms with E-state index in [2.05, 4.69) is 15.5 Å². The number of anilines is 1. The molecule has 0 fully saturated rings. The molecule has 0 bridgehead atoms. The monoisotopic (exact) mass is 251 g/mol. The Bertz CT molecular complexity index is 484. The van der Waals surface area contributed by atoms with Gasteiger partial charge in [-0.15, -0.1) is 10.2 Å². The number of aromatic nitrogens is 2. The first-order valence-electron chi connectivity index (χ1n) is 5.04. The molecule has 1 amide bonds. The van der Waals surface area contributed by atoms with Crippen LogP contribution in [-0.2, 0) is 11.2 Å². The highest BCUT2D eigenvalue weighted by Crippen LogP contribution is 2.10. The SMILES string of the molecule is O=C(CCc1ccc(F)cc1)Nc1nncs1. The van der Waals surface area contributed by atoms with Crippen LogP contribution in [-0.4, -0.2) is 16.1 Å². The highest BCUT2D eigenvalue weighted by molar-refractivity contribution is 7.13. The molecule has 1 aromatic carbocycles. The largest absolute Gasteiger partial charge is 0.301 e. The Balaban J connectivity index is 1.82. The highest BCUT2D eigenvalue weighted by Gasteiger charge is 2.05. The lowest BCUT2D eigenvalue weighted by Crippen LogP contribution is -2.12. The fourth-order valence-electron chi connectivity index (χ4n) is 1.32. The van der Waals surface area contributed by atoms with Crippen molar-refractivity contribution in [3.63, 3.8) is 0 Å². The summed E-state index contributed by atoms with van der Waals surface area (Å²) < 4.78 is 12.6. The van der Waals surface area contributed by atoms with Crippen molar-refractivity contribution in [1.29, 1.82) is 0 Å². The quantitative estimate of drug-likeness (QED) is 0.906. The molecule has 1 N–H and O–H groups in total. The van der Waals surface area contributed by atoms with Crippen molar-refractivity contribution in [1.82, 2.24) is 10.2 Å². The third kappa shape index (κ3) is 3.60. The maximum absolute atomic E-state index is 12.6. The van der Waals surface area contributed by atoms with Crippen LogP contribution in [0.2, 0.25) is 0 Å². The molecule has 0 aliphatic heterocycles. The van der Waals surface area contributed by atoms with Gasteiger partial charge in [-0.2, -0.15) is 0 Å². The number of amides is 1. The molecule has 0 saturated heterocycles. The van der Waals surface area contributed by atoms with Crippen molar-refractivity contribution in [3.8, 4) is 0 Å². The number of aryl methyl sites for hydroxylation is 1. The summed E-state index contributed by atoms with van der Waals surface area (Å²) in [7, 11) is 0. The zero-order chi connectivity index (χ0) is 12.1. The standard InChI is InChI=1S/C11H10FN3OS/c12-9-4-1-8(2-5-9)3-6-10(16)14-11-15-13-7-17-11/h1-2,4-5,7H,3,6H2,(H,14,15,16). The van der Waals surface area contributed by atoms with Gasteiger partial charge < -0.3 is 5.32 Å². The third-order valence-corrected chi connectivity index (χ3v) is 2.77. The summed E-state index contributed by atoms with van der Waals surface area (Å²) in [6.07, 6.45) is 0.913. The Labute approximate surface area is 102 Å². The molecule has 0 aliphatic rings. The van der Waals surface area contributed by atoms with Crippen molar-refractivity contribution in [2.75, 3.05) is 5.32 Å². The van der Waals surface area contributed by atoms with Gasteiger partial charge in [-0.1, -0.05) is 23.5 Å². The molecule has 4 nitrogen and oxygen atoms in total. The summed E-state index contributed by atoms with van der Waals surface area (Å²) in [5.74, 6) is -0.391. The minimum Gasteiger partial charge on any atom is -0.301 e. The number of carbonyl (C=O) groups excluding carboxylic acids is 1. The second-order valence-electron chi connectivity index (χ2n) is 3.42. The molecule has 1 aromatic heterocycles. The van der Waals surface area contributed by atoms with Crippen LogP contribution in [0.3, 0.4) is 0 Å². The van der Waals surface area contributed by atoms with E-state index in [-0.39, 0.29) is 11.7 Å². The summed E-state index contributed by atoms with van der Waals surface area (Å²) in [6.45, 7) is 0. The molecule has 1 heterocycles. The van der Waals surface area contributed by atoms with E-state index in [0.29, 0.717) is 18.0 Å². The summed E-state index contributed by atoms with van der Waals surface area (Å²) in [4.78, 5) is 11.5. The van der Waals surface area contributed by atoms with Crippen LogP contribution in [0.5, 0.6) is 0 Å². The van der Waals surface area contributed by atoms with Crippen LogP contribution in [0.15, 0.2) is 29.8 Å². The van der Waals surface area contributed by atoms with E-state index >= 15 is 0 Å². The van der Waals surface area contributed by atoms with Crippen LogP contribution in [0.1, 0.15) is 12.0 Å². The number of nitrogens with zero attached hydrogens (tertiary/aromatic N) is 2. The van der Waals surface area contributed by atoms with Crippen molar-refractivity contribution in [2.45, 2.75) is 12.8 Å². The third-order valence-electron chi connectivity index (χ3n) is 2.16. The van der Waals surface area contributed by atoms with Gasteiger partial charge in [0.05, 0.1) is 0 Å². The summed E-state index contributed by atoms with van der Waals surface area (Å²) in [5.41, 5.74) is 2.48. The Morgan fingerprint density at radius 2 is 2.12 bits per heavy atom. The zero-order valence-electron chi connectivity index (χ0n) is 8.89. The van der Waals surface area contributed by atoms with Gasteiger partial charge in [-0.25, -0.2) is 4.39 Å². The lowest BCUT2D eigenvalue weighted by Gasteiger charge is -2.01. The average molecular weight is 251 g/mol. The second-order valence-corrected chi connectivity index (χ2v) is 4.25. The van der Waals surface area contributed by atoms with E-state index < -0.39 is 0 Å². The Morgan fingerprint density at radius 3 is 2.76 bits per heavy atom. The Hall–Kier alpha value is -1.82. The molecular formula is C11H10FN3OS. The molecule has 6 heteroatoms. The number of halogens is 1. The van der Waals surface area contributed by atoms with Crippen LogP contribution < -0.4 is 5.32 Å². The smallest absolute Gasteiger partial charge is 0.226 e. The van der Waals surface area contributed by atoms with Crippen molar-refractivity contribution >= 4 is 22.4 Å². The summed E-state index contributed by atoms with van der Waals surface area (Å²) in [5, 5.41) is 10.5. The minimum atomic E-state index is -0.271. The van der Waals surface area contributed by atoms with Gasteiger partial charge in [0, 0.05) is 6.42 Å². The number of nitrogens with one attached hydrogen (secondary N) is 1. The van der Waals surface area contributed by atoms with Gasteiger partial charge in [0.1, 0.15) is 11.3 Å². The van der Waals surface area contributed by atoms with Gasteiger partial charge in [0.2, 0.25) is 11.0 Å². The van der Waals surface area contributed by atoms with Gasteiger partial charge in [-0.3, -0.25) is 4.79 Å². The normalized spacial score (nSPS) is 10.2. The van der Waals surface area contributed by atoms with Crippen LogP contribution in [0.4, 0.5) is 9.52 Å². The Kier molecular flexibility index (Phi) is 3.77. The molecule has 0 unspecified atom stereocenters. The van der Waals surface area contributed by atoms with E-state index in [9.17, 15) is 9.18 Å². The van der Waals surface area contributed by atoms with E-state index in [0.717, 1.165) is 5.56 Å². The molecule has 0 aliphatic carbocycles. The molecule has 2 aromatic rings. The van der Waals surface area contributed by atoms with E-state index in [1.54, 1.807) is 17.6 Å². The predicted molar refractivity (Wildman–Crippen MR) is 63.3 cm³/mol. The zero-order valence-corrected chi connectivity index (χ0v) is 9.71. The fourth-order valence-corrected chi connectivity index (χ4v) is 1.78. The van der Waals surface area contributed by atoms with Crippen molar-refractivity contribution in [3.05, 3.63) is 41.2 Å². The summed E-state index contributed by atoms with van der Waals surface area (Å²) >= 11 is 1.27. The molecule has 0 atom stereocenters. The van der Waals surface area contributed by atoms with Crippen molar-refractivity contribution < 1.29 is 9.18 Å². The predicted octanol–water partition coefficient (Wildman–Crippen LogP) is 2.25. The van der Waals surface area contributed by atoms with Gasteiger partial charge in [0.15, 0.2) is 0 Å². The molecule has 2 rings (SSSR count). The average Bonchev–Trinajstić information content (AvgIpc) is 2.81. The number of carbonyl (C=O) groups is 1. The van der Waals surface area contributed by atoms with Crippen LogP contribution >= 0.6 is 11.3 Å². The number of rotatable bonds is 4. The molecule has 0 spiro atoms. The maximum atomic E-state index is 12.6. The highest BCUT2D eigenvalue weighted by atomic mass is 32.1. The Morgan fingerprint density at radius 1 is 1.35 bits per heavy atom. The van der Waals surface area contributed by atoms with Crippen LogP contribution in [0, 0.1) is 5.82 Å².